The van der Waals surface area contributed by atoms with Crippen molar-refractivity contribution in [3.63, 3.8) is 0 Å². The Labute approximate surface area is 228 Å². The van der Waals surface area contributed by atoms with Gasteiger partial charge in [0.25, 0.3) is 5.91 Å². The first-order valence-corrected chi connectivity index (χ1v) is 13.1. The maximum absolute atomic E-state index is 13.0. The van der Waals surface area contributed by atoms with Crippen molar-refractivity contribution < 1.29 is 22.8 Å². The number of anilines is 2. The summed E-state index contributed by atoms with van der Waals surface area (Å²) >= 11 is 1.23. The third-order valence-electron chi connectivity index (χ3n) is 6.17. The van der Waals surface area contributed by atoms with Crippen molar-refractivity contribution in [2.75, 3.05) is 43.9 Å². The lowest BCUT2D eigenvalue weighted by Gasteiger charge is -2.21. The zero-order valence-electron chi connectivity index (χ0n) is 21.4. The largest absolute Gasteiger partial charge is 0.416 e. The van der Waals surface area contributed by atoms with Gasteiger partial charge in [0.05, 0.1) is 16.6 Å². The summed E-state index contributed by atoms with van der Waals surface area (Å²) in [5, 5.41) is 5.61. The maximum Gasteiger partial charge on any atom is 0.416 e. The topological polar surface area (TPSA) is 90.5 Å². The van der Waals surface area contributed by atoms with E-state index in [0.29, 0.717) is 22.1 Å². The number of aromatic nitrogens is 2. The molecule has 1 aliphatic heterocycles. The number of aryl methyl sites for hydroxylation is 1. The molecule has 0 saturated carbocycles. The highest BCUT2D eigenvalue weighted by molar-refractivity contribution is 7.16. The molecule has 3 heterocycles. The SMILES string of the molecule is Cc1ccc(C(=O)Nc2cc(C(F)(F)F)ccn2)cc1C#Cc1cnc(NC(=O)N(C)CCN2CCCC2)s1. The molecule has 12 heteroatoms. The third-order valence-corrected chi connectivity index (χ3v) is 6.99. The first-order chi connectivity index (χ1) is 18.6. The number of hydrogen-bond donors (Lipinski definition) is 2. The number of carbonyl (C=O) groups excluding carboxylic acids is 2. The van der Waals surface area contributed by atoms with Crippen LogP contribution in [0.4, 0.5) is 28.9 Å². The highest BCUT2D eigenvalue weighted by atomic mass is 32.1. The number of pyridine rings is 1. The number of likely N-dealkylation sites (tertiary alicyclic amines) is 1. The maximum atomic E-state index is 13.0. The molecule has 39 heavy (non-hydrogen) atoms. The smallest absolute Gasteiger partial charge is 0.326 e. The van der Waals surface area contributed by atoms with E-state index in [1.165, 1.54) is 24.2 Å². The van der Waals surface area contributed by atoms with Gasteiger partial charge in [0.15, 0.2) is 5.13 Å². The molecule has 0 bridgehead atoms. The number of halogens is 3. The Balaban J connectivity index is 1.38. The van der Waals surface area contributed by atoms with E-state index in [-0.39, 0.29) is 17.4 Å². The Morgan fingerprint density at radius 3 is 2.62 bits per heavy atom. The molecule has 1 aromatic carbocycles. The number of amides is 3. The van der Waals surface area contributed by atoms with Crippen molar-refractivity contribution >= 4 is 34.2 Å². The lowest BCUT2D eigenvalue weighted by Crippen LogP contribution is -2.37. The summed E-state index contributed by atoms with van der Waals surface area (Å²) in [5.41, 5.74) is 0.699. The van der Waals surface area contributed by atoms with Crippen LogP contribution >= 0.6 is 11.3 Å². The van der Waals surface area contributed by atoms with Gasteiger partial charge in [0.1, 0.15) is 5.82 Å². The van der Waals surface area contributed by atoms with Crippen molar-refractivity contribution in [3.05, 3.63) is 69.9 Å². The number of urea groups is 1. The van der Waals surface area contributed by atoms with Crippen LogP contribution in [0.15, 0.2) is 42.7 Å². The second kappa shape index (κ2) is 12.3. The molecule has 3 aromatic rings. The van der Waals surface area contributed by atoms with Crippen molar-refractivity contribution in [1.29, 1.82) is 0 Å². The van der Waals surface area contributed by atoms with Gasteiger partial charge in [0, 0.05) is 37.5 Å². The normalized spacial score (nSPS) is 13.5. The Bertz CT molecular complexity index is 1410. The Morgan fingerprint density at radius 2 is 1.87 bits per heavy atom. The number of nitrogens with one attached hydrogen (secondary N) is 2. The molecule has 1 fully saturated rings. The van der Waals surface area contributed by atoms with E-state index in [1.807, 2.05) is 6.92 Å². The first kappa shape index (κ1) is 28.1. The van der Waals surface area contributed by atoms with E-state index in [0.717, 1.165) is 43.5 Å². The minimum atomic E-state index is -4.54. The molecule has 3 amide bonds. The van der Waals surface area contributed by atoms with Gasteiger partial charge < -0.3 is 15.1 Å². The van der Waals surface area contributed by atoms with Crippen molar-refractivity contribution in [2.24, 2.45) is 0 Å². The second-order valence-electron chi connectivity index (χ2n) is 9.09. The molecule has 2 aromatic heterocycles. The van der Waals surface area contributed by atoms with Crippen LogP contribution in [-0.4, -0.2) is 64.9 Å². The van der Waals surface area contributed by atoms with Crippen LogP contribution in [0.2, 0.25) is 0 Å². The van der Waals surface area contributed by atoms with Gasteiger partial charge in [-0.3, -0.25) is 10.1 Å². The average Bonchev–Trinajstić information content (AvgIpc) is 3.58. The zero-order chi connectivity index (χ0) is 28.0. The van der Waals surface area contributed by atoms with Crippen LogP contribution in [0.1, 0.15) is 44.8 Å². The van der Waals surface area contributed by atoms with Crippen molar-refractivity contribution in [3.8, 4) is 11.8 Å². The fourth-order valence-corrected chi connectivity index (χ4v) is 4.53. The van der Waals surface area contributed by atoms with Crippen LogP contribution in [0, 0.1) is 18.8 Å². The number of carbonyl (C=O) groups is 2. The number of rotatable bonds is 6. The van der Waals surface area contributed by atoms with Crippen LogP contribution in [-0.2, 0) is 6.18 Å². The fourth-order valence-electron chi connectivity index (χ4n) is 3.87. The molecule has 0 aliphatic carbocycles. The van der Waals surface area contributed by atoms with E-state index >= 15 is 0 Å². The molecule has 0 atom stereocenters. The van der Waals surface area contributed by atoms with E-state index < -0.39 is 17.6 Å². The highest BCUT2D eigenvalue weighted by Gasteiger charge is 2.31. The predicted molar refractivity (Wildman–Crippen MR) is 144 cm³/mol. The summed E-state index contributed by atoms with van der Waals surface area (Å²) in [6, 6.07) is 6.19. The second-order valence-corrected chi connectivity index (χ2v) is 10.1. The van der Waals surface area contributed by atoms with Gasteiger partial charge in [-0.1, -0.05) is 23.3 Å². The summed E-state index contributed by atoms with van der Waals surface area (Å²) in [5.74, 6) is 5.18. The molecule has 0 unspecified atom stereocenters. The lowest BCUT2D eigenvalue weighted by molar-refractivity contribution is -0.137. The van der Waals surface area contributed by atoms with Crippen molar-refractivity contribution in [1.82, 2.24) is 19.8 Å². The van der Waals surface area contributed by atoms with Gasteiger partial charge in [-0.15, -0.1) is 0 Å². The summed E-state index contributed by atoms with van der Waals surface area (Å²) in [4.78, 5) is 37.7. The summed E-state index contributed by atoms with van der Waals surface area (Å²) in [6.45, 7) is 5.44. The fraction of sp³-hybridized carbons (Fsp3) is 0.333. The highest BCUT2D eigenvalue weighted by Crippen LogP contribution is 2.30. The average molecular weight is 557 g/mol. The number of alkyl halides is 3. The Hall–Kier alpha value is -3.95. The molecule has 0 radical (unpaired) electrons. The number of nitrogens with zero attached hydrogens (tertiary/aromatic N) is 4. The Morgan fingerprint density at radius 1 is 1.10 bits per heavy atom. The quantitative estimate of drug-likeness (QED) is 0.414. The molecular formula is C27H27F3N6O2S. The minimum absolute atomic E-state index is 0.205. The van der Waals surface area contributed by atoms with Gasteiger partial charge in [-0.25, -0.2) is 14.8 Å². The number of hydrogen-bond acceptors (Lipinski definition) is 6. The van der Waals surface area contributed by atoms with Crippen LogP contribution in [0.3, 0.4) is 0 Å². The van der Waals surface area contributed by atoms with Crippen LogP contribution in [0.25, 0.3) is 0 Å². The van der Waals surface area contributed by atoms with Gasteiger partial charge >= 0.3 is 12.2 Å². The molecule has 204 valence electrons. The Kier molecular flexibility index (Phi) is 8.83. The van der Waals surface area contributed by atoms with Gasteiger partial charge in [-0.05, 0) is 68.6 Å². The minimum Gasteiger partial charge on any atom is -0.326 e. The molecular weight excluding hydrogens is 529 g/mol. The number of benzene rings is 1. The van der Waals surface area contributed by atoms with E-state index in [4.69, 9.17) is 0 Å². The van der Waals surface area contributed by atoms with E-state index in [1.54, 1.807) is 36.3 Å². The van der Waals surface area contributed by atoms with Crippen LogP contribution in [0.5, 0.6) is 0 Å². The monoisotopic (exact) mass is 556 g/mol. The molecule has 1 aliphatic rings. The molecule has 8 nitrogen and oxygen atoms in total. The lowest BCUT2D eigenvalue weighted by atomic mass is 10.0. The van der Waals surface area contributed by atoms with Gasteiger partial charge in [-0.2, -0.15) is 13.2 Å². The summed E-state index contributed by atoms with van der Waals surface area (Å²) < 4.78 is 38.9. The van der Waals surface area contributed by atoms with E-state index in [2.05, 4.69) is 37.3 Å². The summed E-state index contributed by atoms with van der Waals surface area (Å²) in [7, 11) is 1.74. The van der Waals surface area contributed by atoms with Crippen molar-refractivity contribution in [2.45, 2.75) is 25.9 Å². The predicted octanol–water partition coefficient (Wildman–Crippen LogP) is 5.08. The summed E-state index contributed by atoms with van der Waals surface area (Å²) in [6.07, 6.45) is 0.406. The number of likely N-dealkylation sites (N-methyl/N-ethyl adjacent to an activating group) is 1. The van der Waals surface area contributed by atoms with Gasteiger partial charge in [0.2, 0.25) is 0 Å². The molecule has 1 saturated heterocycles. The molecule has 2 N–H and O–H groups in total. The number of thiazole rings is 1. The first-order valence-electron chi connectivity index (χ1n) is 12.3. The third kappa shape index (κ3) is 7.78. The van der Waals surface area contributed by atoms with Crippen LogP contribution < -0.4 is 10.6 Å². The molecule has 4 rings (SSSR count). The molecule has 0 spiro atoms. The zero-order valence-corrected chi connectivity index (χ0v) is 22.2. The standard InChI is InChI=1S/C27H27F3N6O2S/c1-18-5-6-20(24(37)33-23-16-21(9-10-31-23)27(28,29)30)15-19(18)7-8-22-17-32-25(39-22)34-26(38)35(2)13-14-36-11-3-4-12-36/h5-6,9-10,15-17H,3-4,11-14H2,1-2H3,(H,31,33,37)(H,32,34,38). The van der Waals surface area contributed by atoms with E-state index in [9.17, 15) is 22.8 Å².